The summed E-state index contributed by atoms with van der Waals surface area (Å²) in [4.78, 5) is 36.0. The third kappa shape index (κ3) is 7.09. The normalized spacial score (nSPS) is 11.2. The van der Waals surface area contributed by atoms with E-state index in [1.165, 1.54) is 25.3 Å². The molecular weight excluding hydrogens is 436 g/mol. The van der Waals surface area contributed by atoms with Crippen molar-refractivity contribution < 1.29 is 28.6 Å². The summed E-state index contributed by atoms with van der Waals surface area (Å²) in [7, 11) is 1.39. The Morgan fingerprint density at radius 1 is 0.882 bits per heavy atom. The zero-order valence-electron chi connectivity index (χ0n) is 18.7. The Bertz CT molecular complexity index is 1120. The number of hydrogen-bond acceptors (Lipinski definition) is 6. The average molecular weight is 463 g/mol. The molecule has 0 radical (unpaired) electrons. The molecule has 8 heteroatoms. The smallest absolute Gasteiger partial charge is 0.338 e. The molecule has 176 valence electrons. The van der Waals surface area contributed by atoms with Crippen molar-refractivity contribution in [1.82, 2.24) is 5.32 Å². The molecule has 2 amide bonds. The van der Waals surface area contributed by atoms with E-state index in [1.54, 1.807) is 0 Å². The van der Waals surface area contributed by atoms with Gasteiger partial charge < -0.3 is 25.3 Å². The summed E-state index contributed by atoms with van der Waals surface area (Å²) in [5, 5.41) is 2.94. The lowest BCUT2D eigenvalue weighted by Crippen LogP contribution is -2.33. The topological polar surface area (TPSA) is 117 Å². The van der Waals surface area contributed by atoms with Gasteiger partial charge in [-0.25, -0.2) is 4.79 Å². The number of carbonyl (C=O) groups excluding carboxylic acids is 3. The van der Waals surface area contributed by atoms with E-state index in [-0.39, 0.29) is 29.7 Å². The van der Waals surface area contributed by atoms with E-state index in [0.29, 0.717) is 6.42 Å². The molecule has 0 saturated heterocycles. The molecule has 0 fully saturated rings. The lowest BCUT2D eigenvalue weighted by molar-refractivity contribution is -0.125. The lowest BCUT2D eigenvalue weighted by atomic mass is 9.99. The van der Waals surface area contributed by atoms with Gasteiger partial charge in [-0.3, -0.25) is 9.59 Å². The fraction of sp³-hybridized carbons (Fsp3) is 0.192. The Balaban J connectivity index is 1.62. The minimum absolute atomic E-state index is 0.167. The van der Waals surface area contributed by atoms with Crippen molar-refractivity contribution in [3.8, 4) is 11.5 Å². The van der Waals surface area contributed by atoms with Crippen LogP contribution in [0.2, 0.25) is 0 Å². The van der Waals surface area contributed by atoms with E-state index < -0.39 is 24.4 Å². The van der Waals surface area contributed by atoms with E-state index in [0.717, 1.165) is 11.1 Å². The number of primary amides is 1. The Morgan fingerprint density at radius 3 is 2.21 bits per heavy atom. The Labute approximate surface area is 197 Å². The molecule has 0 spiro atoms. The van der Waals surface area contributed by atoms with Crippen LogP contribution in [0.15, 0.2) is 78.9 Å². The summed E-state index contributed by atoms with van der Waals surface area (Å²) in [5.41, 5.74) is 7.26. The molecule has 3 aromatic rings. The number of ether oxygens (including phenoxy) is 3. The van der Waals surface area contributed by atoms with Gasteiger partial charge in [-0.05, 0) is 35.7 Å². The fourth-order valence-corrected chi connectivity index (χ4v) is 3.30. The zero-order valence-corrected chi connectivity index (χ0v) is 18.7. The van der Waals surface area contributed by atoms with Gasteiger partial charge in [0.25, 0.3) is 11.8 Å². The largest absolute Gasteiger partial charge is 0.493 e. The first-order valence-corrected chi connectivity index (χ1v) is 10.6. The van der Waals surface area contributed by atoms with Crippen molar-refractivity contribution in [2.24, 2.45) is 5.73 Å². The maximum atomic E-state index is 12.6. The molecule has 3 rings (SSSR count). The molecule has 0 bridgehead atoms. The third-order valence-corrected chi connectivity index (χ3v) is 4.92. The fourth-order valence-electron chi connectivity index (χ4n) is 3.30. The van der Waals surface area contributed by atoms with Crippen LogP contribution >= 0.6 is 0 Å². The molecule has 3 N–H and O–H groups in total. The van der Waals surface area contributed by atoms with Gasteiger partial charge in [0.05, 0.1) is 18.7 Å². The second kappa shape index (κ2) is 12.1. The Kier molecular flexibility index (Phi) is 8.62. The van der Waals surface area contributed by atoms with Crippen molar-refractivity contribution in [3.63, 3.8) is 0 Å². The second-order valence-corrected chi connectivity index (χ2v) is 7.42. The molecule has 0 aromatic heterocycles. The average Bonchev–Trinajstić information content (AvgIpc) is 2.86. The molecule has 8 nitrogen and oxygen atoms in total. The summed E-state index contributed by atoms with van der Waals surface area (Å²) >= 11 is 0. The highest BCUT2D eigenvalue weighted by Crippen LogP contribution is 2.28. The number of nitrogens with two attached hydrogens (primary N) is 1. The van der Waals surface area contributed by atoms with Crippen LogP contribution in [-0.2, 0) is 20.7 Å². The number of nitrogens with one attached hydrogen (secondary N) is 1. The van der Waals surface area contributed by atoms with E-state index in [1.807, 2.05) is 60.7 Å². The molecule has 0 heterocycles. The summed E-state index contributed by atoms with van der Waals surface area (Å²) in [6.07, 6.45) is 0.592. The highest BCUT2D eigenvalue weighted by atomic mass is 16.5. The van der Waals surface area contributed by atoms with E-state index in [4.69, 9.17) is 19.9 Å². The van der Waals surface area contributed by atoms with Gasteiger partial charge in [-0.2, -0.15) is 0 Å². The molecule has 0 aliphatic heterocycles. The standard InChI is InChI=1S/C26H26N2O6/c1-32-23-15-20(12-13-22(23)33-16-24(27)29)26(31)34-17-25(30)28-21(19-10-6-3-7-11-19)14-18-8-4-2-5-9-18/h2-13,15,21H,14,16-17H2,1H3,(H2,27,29)(H,28,30). The first-order chi connectivity index (χ1) is 16.5. The first-order valence-electron chi connectivity index (χ1n) is 10.6. The number of benzene rings is 3. The third-order valence-electron chi connectivity index (χ3n) is 4.92. The van der Waals surface area contributed by atoms with Crippen molar-refractivity contribution in [2.75, 3.05) is 20.3 Å². The number of amides is 2. The van der Waals surface area contributed by atoms with Gasteiger partial charge in [0.15, 0.2) is 24.7 Å². The first kappa shape index (κ1) is 24.3. The number of carbonyl (C=O) groups is 3. The molecular formula is C26H26N2O6. The summed E-state index contributed by atoms with van der Waals surface area (Å²) < 4.78 is 15.6. The molecule has 0 saturated carbocycles. The number of esters is 1. The van der Waals surface area contributed by atoms with Crippen LogP contribution in [0.5, 0.6) is 11.5 Å². The minimum Gasteiger partial charge on any atom is -0.493 e. The van der Waals surface area contributed by atoms with Crippen LogP contribution < -0.4 is 20.5 Å². The number of hydrogen-bond donors (Lipinski definition) is 2. The van der Waals surface area contributed by atoms with Crippen molar-refractivity contribution >= 4 is 17.8 Å². The summed E-state index contributed by atoms with van der Waals surface area (Å²) in [5.74, 6) is -1.28. The maximum Gasteiger partial charge on any atom is 0.338 e. The molecule has 0 aliphatic rings. The van der Waals surface area contributed by atoms with Gasteiger partial charge in [0.1, 0.15) is 0 Å². The van der Waals surface area contributed by atoms with Gasteiger partial charge in [-0.1, -0.05) is 60.7 Å². The van der Waals surface area contributed by atoms with Gasteiger partial charge in [0.2, 0.25) is 0 Å². The molecule has 3 aromatic carbocycles. The predicted octanol–water partition coefficient (Wildman–Crippen LogP) is 2.82. The Morgan fingerprint density at radius 2 is 1.56 bits per heavy atom. The number of rotatable bonds is 11. The van der Waals surface area contributed by atoms with Crippen molar-refractivity contribution in [3.05, 3.63) is 95.6 Å². The monoisotopic (exact) mass is 462 g/mol. The molecule has 34 heavy (non-hydrogen) atoms. The van der Waals surface area contributed by atoms with Gasteiger partial charge >= 0.3 is 5.97 Å². The van der Waals surface area contributed by atoms with Crippen molar-refractivity contribution in [1.29, 1.82) is 0 Å². The van der Waals surface area contributed by atoms with Gasteiger partial charge in [-0.15, -0.1) is 0 Å². The predicted molar refractivity (Wildman–Crippen MR) is 125 cm³/mol. The number of methoxy groups -OCH3 is 1. The van der Waals surface area contributed by atoms with E-state index in [2.05, 4.69) is 5.32 Å². The highest BCUT2D eigenvalue weighted by molar-refractivity contribution is 5.92. The van der Waals surface area contributed by atoms with Crippen molar-refractivity contribution in [2.45, 2.75) is 12.5 Å². The van der Waals surface area contributed by atoms with Crippen LogP contribution in [0, 0.1) is 0 Å². The quantitative estimate of drug-likeness (QED) is 0.423. The molecule has 1 atom stereocenters. The van der Waals surface area contributed by atoms with Crippen LogP contribution in [0.1, 0.15) is 27.5 Å². The van der Waals surface area contributed by atoms with Crippen LogP contribution in [0.3, 0.4) is 0 Å². The SMILES string of the molecule is COc1cc(C(=O)OCC(=O)NC(Cc2ccccc2)c2ccccc2)ccc1OCC(N)=O. The van der Waals surface area contributed by atoms with E-state index in [9.17, 15) is 14.4 Å². The molecule has 1 unspecified atom stereocenters. The maximum absolute atomic E-state index is 12.6. The second-order valence-electron chi connectivity index (χ2n) is 7.42. The summed E-state index contributed by atoms with van der Waals surface area (Å²) in [6.45, 7) is -0.773. The highest BCUT2D eigenvalue weighted by Gasteiger charge is 2.18. The van der Waals surface area contributed by atoms with Gasteiger partial charge in [0, 0.05) is 0 Å². The molecule has 0 aliphatic carbocycles. The van der Waals surface area contributed by atoms with Crippen LogP contribution in [0.25, 0.3) is 0 Å². The lowest BCUT2D eigenvalue weighted by Gasteiger charge is -2.19. The van der Waals surface area contributed by atoms with Crippen LogP contribution in [0.4, 0.5) is 0 Å². The zero-order chi connectivity index (χ0) is 24.3. The Hall–Kier alpha value is -4.33. The van der Waals surface area contributed by atoms with E-state index >= 15 is 0 Å². The van der Waals surface area contributed by atoms with Crippen LogP contribution in [-0.4, -0.2) is 38.1 Å². The summed E-state index contributed by atoms with van der Waals surface area (Å²) in [6, 6.07) is 23.4. The minimum atomic E-state index is -0.700.